The third-order valence-electron chi connectivity index (χ3n) is 4.55. The van der Waals surface area contributed by atoms with Crippen molar-refractivity contribution in [1.29, 1.82) is 10.5 Å². The molecule has 1 aromatic heterocycles. The van der Waals surface area contributed by atoms with Gasteiger partial charge in [0.2, 0.25) is 0 Å². The highest BCUT2D eigenvalue weighted by atomic mass is 32.1. The van der Waals surface area contributed by atoms with E-state index >= 15 is 0 Å². The number of thiazole rings is 1. The van der Waals surface area contributed by atoms with Crippen LogP contribution < -0.4 is 29.0 Å². The molecule has 0 fully saturated rings. The van der Waals surface area contributed by atoms with Gasteiger partial charge in [-0.1, -0.05) is 18.2 Å². The van der Waals surface area contributed by atoms with Gasteiger partial charge in [0.05, 0.1) is 16.8 Å². The number of rotatable bonds is 4. The number of para-hydroxylation sites is 1. The Hall–Kier alpha value is -4.01. The molecular weight excluding hydrogens is 414 g/mol. The van der Waals surface area contributed by atoms with Crippen LogP contribution in [0.1, 0.15) is 12.5 Å². The van der Waals surface area contributed by atoms with Crippen molar-refractivity contribution in [2.45, 2.75) is 6.92 Å². The van der Waals surface area contributed by atoms with Crippen molar-refractivity contribution in [2.24, 2.45) is 0 Å². The van der Waals surface area contributed by atoms with Gasteiger partial charge >= 0.3 is 0 Å². The second-order valence-electron chi connectivity index (χ2n) is 6.45. The second kappa shape index (κ2) is 8.78. The van der Waals surface area contributed by atoms with Gasteiger partial charge in [-0.25, -0.2) is 0 Å². The minimum absolute atomic E-state index is 0.144. The molecular formula is C23H17N3O4S. The van der Waals surface area contributed by atoms with Gasteiger partial charge in [-0.05, 0) is 31.2 Å². The minimum Gasteiger partial charge on any atom is -0.493 e. The molecule has 1 aliphatic rings. The minimum atomic E-state index is -0.342. The van der Waals surface area contributed by atoms with Crippen molar-refractivity contribution in [2.75, 3.05) is 19.8 Å². The highest BCUT2D eigenvalue weighted by Crippen LogP contribution is 2.31. The fourth-order valence-electron chi connectivity index (χ4n) is 3.20. The van der Waals surface area contributed by atoms with E-state index in [2.05, 4.69) is 0 Å². The van der Waals surface area contributed by atoms with Gasteiger partial charge in [0.15, 0.2) is 17.1 Å². The van der Waals surface area contributed by atoms with Gasteiger partial charge in [-0.2, -0.15) is 10.5 Å². The second-order valence-corrected chi connectivity index (χ2v) is 7.48. The third kappa shape index (κ3) is 3.89. The van der Waals surface area contributed by atoms with Gasteiger partial charge < -0.3 is 14.2 Å². The van der Waals surface area contributed by atoms with E-state index in [0.717, 1.165) is 16.9 Å². The summed E-state index contributed by atoms with van der Waals surface area (Å²) in [4.78, 5) is 13.4. The number of fused-ring (bicyclic) bond motifs is 1. The largest absolute Gasteiger partial charge is 0.493 e. The molecule has 4 rings (SSSR count). The lowest BCUT2D eigenvalue weighted by atomic mass is 10.2. The highest BCUT2D eigenvalue weighted by molar-refractivity contribution is 7.07. The van der Waals surface area contributed by atoms with Crippen LogP contribution in [-0.4, -0.2) is 24.4 Å². The van der Waals surface area contributed by atoms with Crippen LogP contribution in [-0.2, 0) is 0 Å². The smallest absolute Gasteiger partial charge is 0.273 e. The molecule has 0 unspecified atom stereocenters. The Morgan fingerprint density at radius 1 is 1.16 bits per heavy atom. The zero-order valence-corrected chi connectivity index (χ0v) is 17.4. The summed E-state index contributed by atoms with van der Waals surface area (Å²) in [7, 11) is 0. The average Bonchev–Trinajstić information content (AvgIpc) is 3.11. The van der Waals surface area contributed by atoms with Crippen LogP contribution in [0.25, 0.3) is 17.3 Å². The molecule has 0 saturated heterocycles. The molecule has 0 radical (unpaired) electrons. The lowest BCUT2D eigenvalue weighted by Crippen LogP contribution is -2.30. The van der Waals surface area contributed by atoms with E-state index in [1.807, 2.05) is 43.3 Å². The van der Waals surface area contributed by atoms with E-state index in [0.29, 0.717) is 47.3 Å². The van der Waals surface area contributed by atoms with Gasteiger partial charge in [-0.3, -0.25) is 9.36 Å². The number of ether oxygens (including phenoxy) is 3. The maximum absolute atomic E-state index is 13.4. The normalized spacial score (nSPS) is 12.7. The summed E-state index contributed by atoms with van der Waals surface area (Å²) in [6, 6.07) is 16.2. The molecule has 1 aliphatic heterocycles. The van der Waals surface area contributed by atoms with E-state index in [1.165, 1.54) is 4.57 Å². The highest BCUT2D eigenvalue weighted by Gasteiger charge is 2.16. The number of hydrogen-bond acceptors (Lipinski definition) is 7. The molecule has 8 heteroatoms. The Balaban J connectivity index is 1.99. The predicted molar refractivity (Wildman–Crippen MR) is 116 cm³/mol. The topological polar surface area (TPSA) is 97.3 Å². The van der Waals surface area contributed by atoms with Crippen LogP contribution in [0.3, 0.4) is 0 Å². The molecule has 2 aromatic carbocycles. The summed E-state index contributed by atoms with van der Waals surface area (Å²) < 4.78 is 18.8. The van der Waals surface area contributed by atoms with Crippen LogP contribution in [0.4, 0.5) is 0 Å². The number of nitriles is 2. The SMILES string of the molecule is CCOc1ccccc1/C=c1\sc(=C(C#N)C#N)n(-c2ccc3c(c2)OCCO3)c1=O. The molecule has 0 amide bonds. The van der Waals surface area contributed by atoms with Crippen molar-refractivity contribution in [3.8, 4) is 35.1 Å². The fraction of sp³-hybridized carbons (Fsp3) is 0.174. The van der Waals surface area contributed by atoms with Crippen LogP contribution in [0.15, 0.2) is 47.3 Å². The summed E-state index contributed by atoms with van der Waals surface area (Å²) >= 11 is 1.08. The van der Waals surface area contributed by atoms with Gasteiger partial charge in [-0.15, -0.1) is 11.3 Å². The van der Waals surface area contributed by atoms with Gasteiger partial charge in [0.1, 0.15) is 35.8 Å². The first-order valence-electron chi connectivity index (χ1n) is 9.56. The predicted octanol–water partition coefficient (Wildman–Crippen LogP) is 2.10. The maximum Gasteiger partial charge on any atom is 0.273 e. The Bertz CT molecular complexity index is 1390. The molecule has 7 nitrogen and oxygen atoms in total. The Labute approximate surface area is 181 Å². The standard InChI is InChI=1S/C23H17N3O4S/c1-2-28-18-6-4-3-5-15(18)11-21-22(27)26(23(31-21)16(13-24)14-25)17-7-8-19-20(12-17)30-10-9-29-19/h3-8,11-12H,2,9-10H2,1H3/b21-11-. The lowest BCUT2D eigenvalue weighted by molar-refractivity contribution is 0.171. The molecule has 0 N–H and O–H groups in total. The number of aromatic nitrogens is 1. The first kappa shape index (κ1) is 20.3. The van der Waals surface area contributed by atoms with Crippen LogP contribution in [0, 0.1) is 22.7 Å². The van der Waals surface area contributed by atoms with E-state index in [4.69, 9.17) is 14.2 Å². The quantitative estimate of drug-likeness (QED) is 0.628. The summed E-state index contributed by atoms with van der Waals surface area (Å²) in [5, 5.41) is 18.9. The summed E-state index contributed by atoms with van der Waals surface area (Å²) in [6.45, 7) is 3.23. The van der Waals surface area contributed by atoms with Crippen molar-refractivity contribution in [3.63, 3.8) is 0 Å². The Kier molecular flexibility index (Phi) is 5.74. The van der Waals surface area contributed by atoms with E-state index in [1.54, 1.807) is 24.3 Å². The number of hydrogen-bond donors (Lipinski definition) is 0. The molecule has 31 heavy (non-hydrogen) atoms. The maximum atomic E-state index is 13.4. The fourth-order valence-corrected chi connectivity index (χ4v) is 4.25. The lowest BCUT2D eigenvalue weighted by Gasteiger charge is -2.18. The molecule has 0 spiro atoms. The van der Waals surface area contributed by atoms with E-state index in [-0.39, 0.29) is 15.8 Å². The van der Waals surface area contributed by atoms with Gasteiger partial charge in [0, 0.05) is 11.6 Å². The molecule has 0 atom stereocenters. The summed E-state index contributed by atoms with van der Waals surface area (Å²) in [6.07, 6.45) is 1.71. The first-order valence-corrected chi connectivity index (χ1v) is 10.4. The van der Waals surface area contributed by atoms with E-state index in [9.17, 15) is 15.3 Å². The molecule has 2 heterocycles. The van der Waals surface area contributed by atoms with Crippen molar-refractivity contribution in [1.82, 2.24) is 4.57 Å². The van der Waals surface area contributed by atoms with E-state index < -0.39 is 0 Å². The number of nitrogens with zero attached hydrogens (tertiary/aromatic N) is 3. The van der Waals surface area contributed by atoms with Crippen molar-refractivity contribution in [3.05, 3.63) is 67.6 Å². The molecule has 0 aliphatic carbocycles. The van der Waals surface area contributed by atoms with Crippen LogP contribution in [0.2, 0.25) is 0 Å². The van der Waals surface area contributed by atoms with Gasteiger partial charge in [0.25, 0.3) is 5.56 Å². The zero-order chi connectivity index (χ0) is 21.8. The monoisotopic (exact) mass is 431 g/mol. The first-order chi connectivity index (χ1) is 15.2. The van der Waals surface area contributed by atoms with Crippen LogP contribution in [0.5, 0.6) is 17.2 Å². The Morgan fingerprint density at radius 3 is 2.65 bits per heavy atom. The molecule has 154 valence electrons. The zero-order valence-electron chi connectivity index (χ0n) is 16.6. The molecule has 3 aromatic rings. The third-order valence-corrected chi connectivity index (χ3v) is 5.64. The van der Waals surface area contributed by atoms with Crippen molar-refractivity contribution >= 4 is 23.0 Å². The summed E-state index contributed by atoms with van der Waals surface area (Å²) in [5.41, 5.74) is 0.737. The summed E-state index contributed by atoms with van der Waals surface area (Å²) in [5.74, 6) is 1.74. The van der Waals surface area contributed by atoms with Crippen molar-refractivity contribution < 1.29 is 14.2 Å². The number of benzene rings is 2. The average molecular weight is 431 g/mol. The Morgan fingerprint density at radius 2 is 1.90 bits per heavy atom. The molecule has 0 saturated carbocycles. The van der Waals surface area contributed by atoms with Crippen LogP contribution >= 0.6 is 11.3 Å². The molecule has 0 bridgehead atoms.